The number of hydrogen-bond acceptors (Lipinski definition) is 4. The molecule has 1 aliphatic rings. The smallest absolute Gasteiger partial charge is 0.252 e. The number of benzene rings is 2. The highest BCUT2D eigenvalue weighted by atomic mass is 16.5. The van der Waals surface area contributed by atoms with E-state index in [4.69, 9.17) is 4.74 Å². The molecule has 0 saturated carbocycles. The van der Waals surface area contributed by atoms with Crippen molar-refractivity contribution in [2.75, 3.05) is 38.2 Å². The minimum Gasteiger partial charge on any atom is -0.497 e. The Morgan fingerprint density at radius 1 is 1.00 bits per heavy atom. The van der Waals surface area contributed by atoms with Crippen molar-refractivity contribution in [1.82, 2.24) is 10.2 Å². The van der Waals surface area contributed by atoms with Crippen molar-refractivity contribution in [2.24, 2.45) is 5.92 Å². The van der Waals surface area contributed by atoms with Crippen LogP contribution in [0.15, 0.2) is 48.5 Å². The van der Waals surface area contributed by atoms with Gasteiger partial charge in [0.05, 0.1) is 7.11 Å². The lowest BCUT2D eigenvalue weighted by Crippen LogP contribution is -2.55. The maximum Gasteiger partial charge on any atom is 0.252 e. The highest BCUT2D eigenvalue weighted by Gasteiger charge is 2.29. The molecule has 0 unspecified atom stereocenters. The quantitative estimate of drug-likeness (QED) is 0.741. The maximum absolute atomic E-state index is 13.3. The summed E-state index contributed by atoms with van der Waals surface area (Å²) in [6.07, 6.45) is 0.620. The summed E-state index contributed by atoms with van der Waals surface area (Å²) in [6, 6.07) is 14.9. The first-order valence-corrected chi connectivity index (χ1v) is 10.9. The number of amides is 2. The predicted octanol–water partition coefficient (Wildman–Crippen LogP) is 3.50. The molecule has 0 aliphatic carbocycles. The van der Waals surface area contributed by atoms with Crippen LogP contribution in [0.25, 0.3) is 0 Å². The second-order valence-corrected chi connectivity index (χ2v) is 8.48. The van der Waals surface area contributed by atoms with E-state index in [9.17, 15) is 9.59 Å². The molecule has 1 heterocycles. The van der Waals surface area contributed by atoms with Crippen molar-refractivity contribution in [3.63, 3.8) is 0 Å². The van der Waals surface area contributed by atoms with Gasteiger partial charge in [-0.3, -0.25) is 9.59 Å². The van der Waals surface area contributed by atoms with Gasteiger partial charge < -0.3 is 19.9 Å². The molecule has 0 spiro atoms. The lowest BCUT2D eigenvalue weighted by molar-refractivity contribution is -0.134. The molecule has 1 N–H and O–H groups in total. The van der Waals surface area contributed by atoms with Crippen molar-refractivity contribution in [2.45, 2.75) is 33.2 Å². The summed E-state index contributed by atoms with van der Waals surface area (Å²) in [5.74, 6) is 0.948. The number of nitrogens with one attached hydrogen (secondary N) is 1. The fraction of sp³-hybridized carbons (Fsp3) is 0.440. The number of nitrogens with zero attached hydrogens (tertiary/aromatic N) is 2. The number of hydrogen-bond donors (Lipinski definition) is 1. The number of carbonyl (C=O) groups is 2. The monoisotopic (exact) mass is 423 g/mol. The van der Waals surface area contributed by atoms with Gasteiger partial charge in [0.2, 0.25) is 5.91 Å². The molecule has 0 aromatic heterocycles. The first-order chi connectivity index (χ1) is 14.9. The highest BCUT2D eigenvalue weighted by molar-refractivity contribution is 5.98. The van der Waals surface area contributed by atoms with E-state index in [0.717, 1.165) is 30.1 Å². The number of piperazine rings is 1. The average Bonchev–Trinajstić information content (AvgIpc) is 2.78. The van der Waals surface area contributed by atoms with Gasteiger partial charge in [-0.05, 0) is 55.2 Å². The van der Waals surface area contributed by atoms with Crippen molar-refractivity contribution in [3.8, 4) is 5.75 Å². The third-order valence-electron chi connectivity index (χ3n) is 5.73. The van der Waals surface area contributed by atoms with Crippen molar-refractivity contribution >= 4 is 17.5 Å². The van der Waals surface area contributed by atoms with Crippen LogP contribution in [0, 0.1) is 12.8 Å². The third kappa shape index (κ3) is 5.78. The lowest BCUT2D eigenvalue weighted by Gasteiger charge is -2.38. The van der Waals surface area contributed by atoms with Gasteiger partial charge in [-0.2, -0.15) is 0 Å². The molecule has 31 heavy (non-hydrogen) atoms. The summed E-state index contributed by atoms with van der Waals surface area (Å²) in [6.45, 7) is 8.85. The Balaban J connectivity index is 1.63. The zero-order valence-electron chi connectivity index (χ0n) is 18.9. The number of aryl methyl sites for hydroxylation is 1. The standard InChI is InChI=1S/C25H33N3O3/c1-18(2)17-23(26-24(29)22-8-6-5-7-19(22)3)25(30)28-15-13-27(14-16-28)20-9-11-21(31-4)12-10-20/h5-12,18,23H,13-17H2,1-4H3,(H,26,29)/t23-/m1/s1. The predicted molar refractivity (Wildman–Crippen MR) is 124 cm³/mol. The summed E-state index contributed by atoms with van der Waals surface area (Å²) in [5, 5.41) is 3.00. The molecule has 6 heteroatoms. The van der Waals surface area contributed by atoms with Crippen LogP contribution in [0.5, 0.6) is 5.75 Å². The fourth-order valence-corrected chi connectivity index (χ4v) is 3.96. The number of carbonyl (C=O) groups excluding carboxylic acids is 2. The number of rotatable bonds is 7. The second-order valence-electron chi connectivity index (χ2n) is 8.48. The van der Waals surface area contributed by atoms with E-state index in [1.807, 2.05) is 54.3 Å². The van der Waals surface area contributed by atoms with E-state index < -0.39 is 6.04 Å². The molecule has 2 aromatic carbocycles. The zero-order valence-corrected chi connectivity index (χ0v) is 18.9. The molecular formula is C25H33N3O3. The summed E-state index contributed by atoms with van der Waals surface area (Å²) < 4.78 is 5.23. The summed E-state index contributed by atoms with van der Waals surface area (Å²) in [5.41, 5.74) is 2.65. The second kappa shape index (κ2) is 10.3. The maximum atomic E-state index is 13.3. The summed E-state index contributed by atoms with van der Waals surface area (Å²) in [4.78, 5) is 30.3. The van der Waals surface area contributed by atoms with Crippen molar-refractivity contribution in [1.29, 1.82) is 0 Å². The zero-order chi connectivity index (χ0) is 22.4. The van der Waals surface area contributed by atoms with E-state index in [-0.39, 0.29) is 11.8 Å². The van der Waals surface area contributed by atoms with Crippen LogP contribution in [0.3, 0.4) is 0 Å². The third-order valence-corrected chi connectivity index (χ3v) is 5.73. The molecule has 1 atom stereocenters. The molecule has 0 radical (unpaired) electrons. The van der Waals surface area contributed by atoms with E-state index in [1.165, 1.54) is 0 Å². The Hall–Kier alpha value is -3.02. The summed E-state index contributed by atoms with van der Waals surface area (Å²) in [7, 11) is 1.66. The Morgan fingerprint density at radius 2 is 1.65 bits per heavy atom. The molecule has 2 aromatic rings. The van der Waals surface area contributed by atoms with Gasteiger partial charge >= 0.3 is 0 Å². The topological polar surface area (TPSA) is 61.9 Å². The van der Waals surface area contributed by atoms with E-state index >= 15 is 0 Å². The van der Waals surface area contributed by atoms with Gasteiger partial charge in [-0.15, -0.1) is 0 Å². The van der Waals surface area contributed by atoms with Crippen LogP contribution >= 0.6 is 0 Å². The first-order valence-electron chi connectivity index (χ1n) is 10.9. The first kappa shape index (κ1) is 22.7. The Kier molecular flexibility index (Phi) is 7.55. The van der Waals surface area contributed by atoms with E-state index in [1.54, 1.807) is 13.2 Å². The van der Waals surface area contributed by atoms with Crippen molar-refractivity contribution < 1.29 is 14.3 Å². The minimum absolute atomic E-state index is 0.00464. The van der Waals surface area contributed by atoms with Crippen LogP contribution in [0.4, 0.5) is 5.69 Å². The van der Waals surface area contributed by atoms with Crippen LogP contribution < -0.4 is 15.0 Å². The van der Waals surface area contributed by atoms with Crippen LogP contribution in [0.1, 0.15) is 36.2 Å². The minimum atomic E-state index is -0.514. The SMILES string of the molecule is COc1ccc(N2CCN(C(=O)[C@@H](CC(C)C)NC(=O)c3ccccc3C)CC2)cc1. The Labute approximate surface area is 185 Å². The van der Waals surface area contributed by atoms with Gasteiger partial charge in [0.25, 0.3) is 5.91 Å². The molecule has 0 bridgehead atoms. The fourth-order valence-electron chi connectivity index (χ4n) is 3.96. The van der Waals surface area contributed by atoms with Crippen LogP contribution in [-0.4, -0.2) is 56.0 Å². The largest absolute Gasteiger partial charge is 0.497 e. The number of methoxy groups -OCH3 is 1. The van der Waals surface area contributed by atoms with Gasteiger partial charge in [0.15, 0.2) is 0 Å². The van der Waals surface area contributed by atoms with Gasteiger partial charge in [0, 0.05) is 37.4 Å². The van der Waals surface area contributed by atoms with E-state index in [0.29, 0.717) is 31.0 Å². The number of anilines is 1. The Morgan fingerprint density at radius 3 is 2.23 bits per heavy atom. The van der Waals surface area contributed by atoms with Gasteiger partial charge in [-0.1, -0.05) is 32.0 Å². The molecule has 3 rings (SSSR count). The molecule has 1 saturated heterocycles. The van der Waals surface area contributed by atoms with Crippen LogP contribution in [0.2, 0.25) is 0 Å². The van der Waals surface area contributed by atoms with Gasteiger partial charge in [-0.25, -0.2) is 0 Å². The van der Waals surface area contributed by atoms with Crippen molar-refractivity contribution in [3.05, 3.63) is 59.7 Å². The normalized spacial score (nSPS) is 15.0. The number of ether oxygens (including phenoxy) is 1. The van der Waals surface area contributed by atoms with Crippen LogP contribution in [-0.2, 0) is 4.79 Å². The molecule has 166 valence electrons. The molecule has 2 amide bonds. The molecule has 6 nitrogen and oxygen atoms in total. The average molecular weight is 424 g/mol. The molecule has 1 aliphatic heterocycles. The van der Waals surface area contributed by atoms with Gasteiger partial charge in [0.1, 0.15) is 11.8 Å². The summed E-state index contributed by atoms with van der Waals surface area (Å²) >= 11 is 0. The molecular weight excluding hydrogens is 390 g/mol. The Bertz CT molecular complexity index is 887. The molecule has 1 fully saturated rings. The highest BCUT2D eigenvalue weighted by Crippen LogP contribution is 2.21. The lowest BCUT2D eigenvalue weighted by atomic mass is 10.0. The van der Waals surface area contributed by atoms with E-state index in [2.05, 4.69) is 24.1 Å².